The largest absolute Gasteiger partial charge is 0.496 e. The summed E-state index contributed by atoms with van der Waals surface area (Å²) in [5, 5.41) is 3.61. The Morgan fingerprint density at radius 2 is 1.95 bits per heavy atom. The van der Waals surface area contributed by atoms with Gasteiger partial charge in [0.05, 0.1) is 11.6 Å². The number of anilines is 1. The predicted molar refractivity (Wildman–Crippen MR) is 93.2 cm³/mol. The molecule has 0 saturated carbocycles. The molecular formula is C18H22BrNO. The van der Waals surface area contributed by atoms with Crippen molar-refractivity contribution < 1.29 is 4.74 Å². The summed E-state index contributed by atoms with van der Waals surface area (Å²) in [4.78, 5) is 0. The molecule has 0 aliphatic carbocycles. The van der Waals surface area contributed by atoms with Gasteiger partial charge in [0.1, 0.15) is 5.75 Å². The third kappa shape index (κ3) is 4.01. The van der Waals surface area contributed by atoms with Crippen molar-refractivity contribution in [3.05, 3.63) is 58.1 Å². The first-order valence-electron chi connectivity index (χ1n) is 7.33. The molecule has 1 N–H and O–H groups in total. The number of rotatable bonds is 6. The number of para-hydroxylation sites is 1. The molecule has 3 heteroatoms. The minimum atomic E-state index is 0.241. The lowest BCUT2D eigenvalue weighted by atomic mass is 10.0. The van der Waals surface area contributed by atoms with Crippen LogP contribution in [-0.2, 0) is 6.42 Å². The normalized spacial score (nSPS) is 12.0. The summed E-state index contributed by atoms with van der Waals surface area (Å²) >= 11 is 3.55. The topological polar surface area (TPSA) is 21.3 Å². The van der Waals surface area contributed by atoms with Crippen LogP contribution in [0, 0.1) is 0 Å². The van der Waals surface area contributed by atoms with Gasteiger partial charge in [-0.1, -0.05) is 37.6 Å². The standard InChI is InChI=1S/C18H22BrNO/c1-4-7-14-8-5-6-9-17(14)20-13(2)15-10-11-18(21-3)16(19)12-15/h5-6,8-13,20H,4,7H2,1-3H3. The molecule has 0 aromatic heterocycles. The molecule has 21 heavy (non-hydrogen) atoms. The molecule has 0 aliphatic heterocycles. The van der Waals surface area contributed by atoms with E-state index in [-0.39, 0.29) is 6.04 Å². The van der Waals surface area contributed by atoms with Gasteiger partial charge in [0.2, 0.25) is 0 Å². The van der Waals surface area contributed by atoms with Crippen LogP contribution in [-0.4, -0.2) is 7.11 Å². The summed E-state index contributed by atoms with van der Waals surface area (Å²) in [5.41, 5.74) is 3.83. The number of aryl methyl sites for hydroxylation is 1. The van der Waals surface area contributed by atoms with Crippen LogP contribution in [0.15, 0.2) is 46.9 Å². The van der Waals surface area contributed by atoms with Crippen molar-refractivity contribution in [2.45, 2.75) is 32.7 Å². The summed E-state index contributed by atoms with van der Waals surface area (Å²) in [6.07, 6.45) is 2.25. The maximum Gasteiger partial charge on any atom is 0.133 e. The molecule has 2 aromatic carbocycles. The van der Waals surface area contributed by atoms with Gasteiger partial charge in [-0.25, -0.2) is 0 Å². The van der Waals surface area contributed by atoms with Gasteiger partial charge < -0.3 is 10.1 Å². The van der Waals surface area contributed by atoms with Crippen molar-refractivity contribution in [1.82, 2.24) is 0 Å². The maximum absolute atomic E-state index is 5.28. The Kier molecular flexibility index (Phi) is 5.68. The quantitative estimate of drug-likeness (QED) is 0.735. The fourth-order valence-corrected chi connectivity index (χ4v) is 2.98. The van der Waals surface area contributed by atoms with E-state index in [9.17, 15) is 0 Å². The van der Waals surface area contributed by atoms with Crippen LogP contribution in [0.5, 0.6) is 5.75 Å². The van der Waals surface area contributed by atoms with Gasteiger partial charge in [-0.2, -0.15) is 0 Å². The van der Waals surface area contributed by atoms with E-state index in [4.69, 9.17) is 4.74 Å². The maximum atomic E-state index is 5.28. The molecule has 0 saturated heterocycles. The van der Waals surface area contributed by atoms with Gasteiger partial charge in [0.25, 0.3) is 0 Å². The third-order valence-electron chi connectivity index (χ3n) is 3.58. The van der Waals surface area contributed by atoms with Crippen molar-refractivity contribution in [1.29, 1.82) is 0 Å². The van der Waals surface area contributed by atoms with Crippen LogP contribution in [0.25, 0.3) is 0 Å². The summed E-state index contributed by atoms with van der Waals surface area (Å²) in [6.45, 7) is 4.39. The number of hydrogen-bond acceptors (Lipinski definition) is 2. The van der Waals surface area contributed by atoms with Crippen LogP contribution in [0.1, 0.15) is 37.4 Å². The number of hydrogen-bond donors (Lipinski definition) is 1. The minimum absolute atomic E-state index is 0.241. The van der Waals surface area contributed by atoms with E-state index in [1.165, 1.54) is 16.8 Å². The van der Waals surface area contributed by atoms with Crippen molar-refractivity contribution in [3.8, 4) is 5.75 Å². The lowest BCUT2D eigenvalue weighted by molar-refractivity contribution is 0.412. The molecule has 0 spiro atoms. The highest BCUT2D eigenvalue weighted by molar-refractivity contribution is 9.10. The molecule has 2 aromatic rings. The fraction of sp³-hybridized carbons (Fsp3) is 0.333. The van der Waals surface area contributed by atoms with Crippen molar-refractivity contribution in [2.24, 2.45) is 0 Å². The highest BCUT2D eigenvalue weighted by atomic mass is 79.9. The van der Waals surface area contributed by atoms with Gasteiger partial charge in [0, 0.05) is 11.7 Å². The highest BCUT2D eigenvalue weighted by Crippen LogP contribution is 2.30. The second-order valence-electron chi connectivity index (χ2n) is 5.17. The molecular weight excluding hydrogens is 326 g/mol. The first-order valence-corrected chi connectivity index (χ1v) is 8.13. The Labute approximate surface area is 135 Å². The number of benzene rings is 2. The number of nitrogens with one attached hydrogen (secondary N) is 1. The van der Waals surface area contributed by atoms with Gasteiger partial charge in [-0.3, -0.25) is 0 Å². The summed E-state index contributed by atoms with van der Waals surface area (Å²) < 4.78 is 6.27. The smallest absolute Gasteiger partial charge is 0.133 e. The molecule has 0 radical (unpaired) electrons. The van der Waals surface area contributed by atoms with Gasteiger partial charge in [-0.05, 0) is 58.6 Å². The molecule has 2 nitrogen and oxygen atoms in total. The zero-order valence-electron chi connectivity index (χ0n) is 12.8. The minimum Gasteiger partial charge on any atom is -0.496 e. The molecule has 0 heterocycles. The average Bonchev–Trinajstić information content (AvgIpc) is 2.49. The van der Waals surface area contributed by atoms with Crippen LogP contribution >= 0.6 is 15.9 Å². The molecule has 0 amide bonds. The first-order chi connectivity index (χ1) is 10.2. The van der Waals surface area contributed by atoms with E-state index in [2.05, 4.69) is 71.5 Å². The summed E-state index contributed by atoms with van der Waals surface area (Å²) in [7, 11) is 1.68. The molecule has 1 unspecified atom stereocenters. The zero-order chi connectivity index (χ0) is 15.2. The molecule has 0 bridgehead atoms. The van der Waals surface area contributed by atoms with E-state index in [1.54, 1.807) is 7.11 Å². The summed E-state index contributed by atoms with van der Waals surface area (Å²) in [5.74, 6) is 0.859. The SMILES string of the molecule is CCCc1ccccc1NC(C)c1ccc(OC)c(Br)c1. The Bertz CT molecular complexity index is 598. The van der Waals surface area contributed by atoms with Gasteiger partial charge in [-0.15, -0.1) is 0 Å². The van der Waals surface area contributed by atoms with E-state index in [1.807, 2.05) is 6.07 Å². The lowest BCUT2D eigenvalue weighted by Crippen LogP contribution is -2.08. The second kappa shape index (κ2) is 7.51. The monoisotopic (exact) mass is 347 g/mol. The molecule has 0 aliphatic rings. The van der Waals surface area contributed by atoms with Crippen molar-refractivity contribution in [2.75, 3.05) is 12.4 Å². The van der Waals surface area contributed by atoms with Gasteiger partial charge >= 0.3 is 0 Å². The van der Waals surface area contributed by atoms with Crippen molar-refractivity contribution in [3.63, 3.8) is 0 Å². The van der Waals surface area contributed by atoms with Gasteiger partial charge in [0.15, 0.2) is 0 Å². The zero-order valence-corrected chi connectivity index (χ0v) is 14.4. The van der Waals surface area contributed by atoms with Crippen LogP contribution < -0.4 is 10.1 Å². The fourth-order valence-electron chi connectivity index (χ4n) is 2.42. The predicted octanol–water partition coefficient (Wildman–Crippen LogP) is 5.58. The van der Waals surface area contributed by atoms with E-state index in [0.717, 1.165) is 23.1 Å². The Hall–Kier alpha value is -1.48. The number of halogens is 1. The first kappa shape index (κ1) is 15.9. The summed E-state index contributed by atoms with van der Waals surface area (Å²) in [6, 6.07) is 15.0. The number of methoxy groups -OCH3 is 1. The van der Waals surface area contributed by atoms with E-state index < -0.39 is 0 Å². The molecule has 1 atom stereocenters. The molecule has 112 valence electrons. The second-order valence-corrected chi connectivity index (χ2v) is 6.02. The Balaban J connectivity index is 2.18. The third-order valence-corrected chi connectivity index (χ3v) is 4.20. The van der Waals surface area contributed by atoms with Crippen LogP contribution in [0.3, 0.4) is 0 Å². The Morgan fingerprint density at radius 1 is 1.19 bits per heavy atom. The average molecular weight is 348 g/mol. The molecule has 0 fully saturated rings. The lowest BCUT2D eigenvalue weighted by Gasteiger charge is -2.19. The van der Waals surface area contributed by atoms with E-state index >= 15 is 0 Å². The number of ether oxygens (including phenoxy) is 1. The van der Waals surface area contributed by atoms with Crippen LogP contribution in [0.2, 0.25) is 0 Å². The molecule has 2 rings (SSSR count). The Morgan fingerprint density at radius 3 is 2.62 bits per heavy atom. The van der Waals surface area contributed by atoms with E-state index in [0.29, 0.717) is 0 Å². The van der Waals surface area contributed by atoms with Crippen molar-refractivity contribution >= 4 is 21.6 Å². The van der Waals surface area contributed by atoms with Crippen LogP contribution in [0.4, 0.5) is 5.69 Å². The highest BCUT2D eigenvalue weighted by Gasteiger charge is 2.10.